The summed E-state index contributed by atoms with van der Waals surface area (Å²) in [6, 6.07) is -0.0194. The van der Waals surface area contributed by atoms with Crippen LogP contribution >= 0.6 is 0 Å². The molecule has 1 aromatic heterocycles. The van der Waals surface area contributed by atoms with E-state index in [4.69, 9.17) is 0 Å². The third kappa shape index (κ3) is 3.92. The van der Waals surface area contributed by atoms with Gasteiger partial charge in [-0.25, -0.2) is 8.42 Å². The zero-order valence-electron chi connectivity index (χ0n) is 14.2. The SMILES string of the molecule is CCC(C)NC(=O)c1cn(C)nc1S(=O)(=O)N1CCC(C)CC1. The molecule has 2 rings (SSSR count). The van der Waals surface area contributed by atoms with Crippen molar-refractivity contribution in [2.45, 2.75) is 51.1 Å². The first-order valence-corrected chi connectivity index (χ1v) is 9.54. The second-order valence-electron chi connectivity index (χ2n) is 6.39. The smallest absolute Gasteiger partial charge is 0.263 e. The Morgan fingerprint density at radius 2 is 2.04 bits per heavy atom. The molecule has 1 unspecified atom stereocenters. The maximum absolute atomic E-state index is 12.9. The molecule has 0 saturated carbocycles. The molecule has 1 aliphatic heterocycles. The standard InChI is InChI=1S/C15H26N4O3S/c1-5-12(3)16-14(20)13-10-18(4)17-15(13)23(21,22)19-8-6-11(2)7-9-19/h10-12H,5-9H2,1-4H3,(H,16,20). The molecule has 1 amide bonds. The largest absolute Gasteiger partial charge is 0.349 e. The number of aryl methyl sites for hydroxylation is 1. The molecule has 1 aromatic rings. The average Bonchev–Trinajstić information content (AvgIpc) is 2.90. The van der Waals surface area contributed by atoms with Crippen LogP contribution in [-0.2, 0) is 17.1 Å². The Morgan fingerprint density at radius 3 is 2.61 bits per heavy atom. The van der Waals surface area contributed by atoms with Gasteiger partial charge in [0.1, 0.15) is 0 Å². The van der Waals surface area contributed by atoms with E-state index in [1.165, 1.54) is 15.2 Å². The summed E-state index contributed by atoms with van der Waals surface area (Å²) in [4.78, 5) is 12.4. The number of hydrogen-bond acceptors (Lipinski definition) is 4. The molecule has 0 bridgehead atoms. The Bertz CT molecular complexity index is 660. The monoisotopic (exact) mass is 342 g/mol. The van der Waals surface area contributed by atoms with E-state index in [9.17, 15) is 13.2 Å². The lowest BCUT2D eigenvalue weighted by molar-refractivity contribution is 0.0935. The Labute approximate surface area is 138 Å². The van der Waals surface area contributed by atoms with Gasteiger partial charge in [0.2, 0.25) is 5.03 Å². The Kier molecular flexibility index (Phi) is 5.46. The third-order valence-electron chi connectivity index (χ3n) is 4.36. The van der Waals surface area contributed by atoms with E-state index in [0.717, 1.165) is 19.3 Å². The van der Waals surface area contributed by atoms with Crippen LogP contribution in [0, 0.1) is 5.92 Å². The minimum Gasteiger partial charge on any atom is -0.349 e. The quantitative estimate of drug-likeness (QED) is 0.876. The van der Waals surface area contributed by atoms with E-state index in [0.29, 0.717) is 19.0 Å². The van der Waals surface area contributed by atoms with E-state index in [1.807, 2.05) is 13.8 Å². The molecule has 8 heteroatoms. The summed E-state index contributed by atoms with van der Waals surface area (Å²) >= 11 is 0. The number of amides is 1. The summed E-state index contributed by atoms with van der Waals surface area (Å²) in [5.74, 6) is 0.134. The van der Waals surface area contributed by atoms with Crippen LogP contribution < -0.4 is 5.32 Å². The van der Waals surface area contributed by atoms with Crippen LogP contribution in [0.15, 0.2) is 11.2 Å². The van der Waals surface area contributed by atoms with Gasteiger partial charge < -0.3 is 5.32 Å². The van der Waals surface area contributed by atoms with Crippen molar-refractivity contribution in [3.8, 4) is 0 Å². The second kappa shape index (κ2) is 7.00. The van der Waals surface area contributed by atoms with Gasteiger partial charge in [0.05, 0.1) is 5.56 Å². The van der Waals surface area contributed by atoms with Crippen LogP contribution in [-0.4, -0.2) is 47.5 Å². The molecule has 0 aliphatic carbocycles. The van der Waals surface area contributed by atoms with Gasteiger partial charge in [0, 0.05) is 32.4 Å². The van der Waals surface area contributed by atoms with Crippen LogP contribution in [0.2, 0.25) is 0 Å². The molecule has 0 radical (unpaired) electrons. The molecular weight excluding hydrogens is 316 g/mol. The molecule has 1 aliphatic rings. The number of piperidine rings is 1. The molecule has 1 saturated heterocycles. The predicted molar refractivity (Wildman–Crippen MR) is 87.6 cm³/mol. The van der Waals surface area contributed by atoms with Gasteiger partial charge in [-0.3, -0.25) is 9.48 Å². The number of carbonyl (C=O) groups is 1. The molecule has 0 spiro atoms. The highest BCUT2D eigenvalue weighted by Gasteiger charge is 2.34. The molecule has 1 N–H and O–H groups in total. The second-order valence-corrected chi connectivity index (χ2v) is 8.24. The zero-order valence-corrected chi connectivity index (χ0v) is 15.1. The van der Waals surface area contributed by atoms with Crippen LogP contribution in [0.3, 0.4) is 0 Å². The number of sulfonamides is 1. The summed E-state index contributed by atoms with van der Waals surface area (Å²) in [6.45, 7) is 6.92. The van der Waals surface area contributed by atoms with Gasteiger partial charge in [-0.1, -0.05) is 13.8 Å². The Morgan fingerprint density at radius 1 is 1.43 bits per heavy atom. The molecule has 130 valence electrons. The fourth-order valence-electron chi connectivity index (χ4n) is 2.57. The van der Waals surface area contributed by atoms with E-state index in [-0.39, 0.29) is 16.6 Å². The lowest BCUT2D eigenvalue weighted by Crippen LogP contribution is -2.39. The van der Waals surface area contributed by atoms with Crippen molar-refractivity contribution in [3.63, 3.8) is 0 Å². The van der Waals surface area contributed by atoms with Gasteiger partial charge in [-0.15, -0.1) is 0 Å². The number of nitrogens with zero attached hydrogens (tertiary/aromatic N) is 3. The molecular formula is C15H26N4O3S. The zero-order chi connectivity index (χ0) is 17.2. The van der Waals surface area contributed by atoms with Gasteiger partial charge >= 0.3 is 0 Å². The van der Waals surface area contributed by atoms with Crippen LogP contribution in [0.4, 0.5) is 0 Å². The molecule has 1 fully saturated rings. The fourth-order valence-corrected chi connectivity index (χ4v) is 4.16. The van der Waals surface area contributed by atoms with E-state index in [1.54, 1.807) is 7.05 Å². The summed E-state index contributed by atoms with van der Waals surface area (Å²) in [5, 5.41) is 6.72. The highest BCUT2D eigenvalue weighted by Crippen LogP contribution is 2.24. The molecule has 7 nitrogen and oxygen atoms in total. The number of aromatic nitrogens is 2. The minimum atomic E-state index is -3.74. The van der Waals surface area contributed by atoms with Gasteiger partial charge in [0.25, 0.3) is 15.9 Å². The third-order valence-corrected chi connectivity index (χ3v) is 6.19. The number of hydrogen-bond donors (Lipinski definition) is 1. The lowest BCUT2D eigenvalue weighted by Gasteiger charge is -2.28. The van der Waals surface area contributed by atoms with Crippen molar-refractivity contribution in [1.82, 2.24) is 19.4 Å². The lowest BCUT2D eigenvalue weighted by atomic mass is 10.0. The first-order valence-electron chi connectivity index (χ1n) is 8.10. The van der Waals surface area contributed by atoms with E-state index < -0.39 is 15.9 Å². The average molecular weight is 342 g/mol. The van der Waals surface area contributed by atoms with Crippen molar-refractivity contribution in [2.75, 3.05) is 13.1 Å². The van der Waals surface area contributed by atoms with Crippen LogP contribution in [0.25, 0.3) is 0 Å². The van der Waals surface area contributed by atoms with Gasteiger partial charge in [-0.05, 0) is 32.1 Å². The van der Waals surface area contributed by atoms with Crippen molar-refractivity contribution < 1.29 is 13.2 Å². The summed E-state index contributed by atoms with van der Waals surface area (Å²) in [5.41, 5.74) is 0.117. The normalized spacial score (nSPS) is 18.8. The highest BCUT2D eigenvalue weighted by atomic mass is 32.2. The molecule has 1 atom stereocenters. The first kappa shape index (κ1) is 17.9. The van der Waals surface area contributed by atoms with Gasteiger partial charge in [-0.2, -0.15) is 9.40 Å². The maximum atomic E-state index is 12.9. The van der Waals surface area contributed by atoms with Crippen molar-refractivity contribution in [3.05, 3.63) is 11.8 Å². The summed E-state index contributed by atoms with van der Waals surface area (Å²) in [7, 11) is -2.12. The Hall–Kier alpha value is -1.41. The molecule has 23 heavy (non-hydrogen) atoms. The topological polar surface area (TPSA) is 84.3 Å². The van der Waals surface area contributed by atoms with Crippen LogP contribution in [0.1, 0.15) is 50.4 Å². The van der Waals surface area contributed by atoms with Crippen molar-refractivity contribution in [1.29, 1.82) is 0 Å². The summed E-state index contributed by atoms with van der Waals surface area (Å²) < 4.78 is 28.5. The van der Waals surface area contributed by atoms with Crippen molar-refractivity contribution >= 4 is 15.9 Å². The number of nitrogens with one attached hydrogen (secondary N) is 1. The van der Waals surface area contributed by atoms with Gasteiger partial charge in [0.15, 0.2) is 0 Å². The molecule has 0 aromatic carbocycles. The molecule has 2 heterocycles. The first-order chi connectivity index (χ1) is 10.8. The number of rotatable bonds is 5. The van der Waals surface area contributed by atoms with E-state index in [2.05, 4.69) is 17.3 Å². The van der Waals surface area contributed by atoms with E-state index >= 15 is 0 Å². The predicted octanol–water partition coefficient (Wildman–Crippen LogP) is 1.37. The highest BCUT2D eigenvalue weighted by molar-refractivity contribution is 7.89. The summed E-state index contributed by atoms with van der Waals surface area (Å²) in [6.07, 6.45) is 3.91. The number of carbonyl (C=O) groups excluding carboxylic acids is 1. The van der Waals surface area contributed by atoms with Crippen molar-refractivity contribution in [2.24, 2.45) is 13.0 Å². The maximum Gasteiger partial charge on any atom is 0.263 e. The van der Waals surface area contributed by atoms with Crippen LogP contribution in [0.5, 0.6) is 0 Å². The minimum absolute atomic E-state index is 0.0194. The fraction of sp³-hybridized carbons (Fsp3) is 0.733. The Balaban J connectivity index is 2.30.